The van der Waals surface area contributed by atoms with Crippen molar-refractivity contribution in [3.05, 3.63) is 11.4 Å². The zero-order valence-electron chi connectivity index (χ0n) is 10.6. The minimum Gasteiger partial charge on any atom is -0.461 e. The van der Waals surface area contributed by atoms with E-state index in [-0.39, 0.29) is 24.8 Å². The SMILES string of the molecule is CCOC(=O)c1nnn(C(C)C(=O)NC)c1CN. The Labute approximate surface area is 104 Å². The minimum absolute atomic E-state index is 0.0441. The normalized spacial score (nSPS) is 12.0. The average Bonchev–Trinajstić information content (AvgIpc) is 2.80. The standard InChI is InChI=1S/C10H17N5O3/c1-4-18-10(17)8-7(5-11)15(14-13-8)6(2)9(16)12-3/h6H,4-5,11H2,1-3H3,(H,12,16). The third kappa shape index (κ3) is 2.65. The lowest BCUT2D eigenvalue weighted by Gasteiger charge is -2.12. The molecule has 8 heteroatoms. The predicted molar refractivity (Wildman–Crippen MR) is 62.6 cm³/mol. The number of nitrogens with zero attached hydrogens (tertiary/aromatic N) is 3. The van der Waals surface area contributed by atoms with Gasteiger partial charge in [-0.3, -0.25) is 4.79 Å². The summed E-state index contributed by atoms with van der Waals surface area (Å²) in [6, 6.07) is -0.593. The van der Waals surface area contributed by atoms with Crippen LogP contribution in [0.4, 0.5) is 0 Å². The summed E-state index contributed by atoms with van der Waals surface area (Å²) in [6.45, 7) is 3.61. The van der Waals surface area contributed by atoms with Gasteiger partial charge in [-0.15, -0.1) is 5.10 Å². The van der Waals surface area contributed by atoms with Crippen LogP contribution in [0.5, 0.6) is 0 Å². The van der Waals surface area contributed by atoms with Crippen molar-refractivity contribution in [3.8, 4) is 0 Å². The molecule has 0 radical (unpaired) electrons. The van der Waals surface area contributed by atoms with Crippen LogP contribution in [-0.2, 0) is 16.1 Å². The third-order valence-corrected chi connectivity index (χ3v) is 2.45. The number of carbonyl (C=O) groups is 2. The lowest BCUT2D eigenvalue weighted by molar-refractivity contribution is -0.123. The molecular weight excluding hydrogens is 238 g/mol. The molecule has 1 aromatic rings. The van der Waals surface area contributed by atoms with E-state index in [1.807, 2.05) is 0 Å². The Bertz CT molecular complexity index is 443. The maximum absolute atomic E-state index is 11.6. The Morgan fingerprint density at radius 1 is 1.56 bits per heavy atom. The molecule has 1 amide bonds. The van der Waals surface area contributed by atoms with Crippen molar-refractivity contribution >= 4 is 11.9 Å². The van der Waals surface area contributed by atoms with Gasteiger partial charge in [0, 0.05) is 13.6 Å². The Morgan fingerprint density at radius 3 is 2.72 bits per heavy atom. The molecule has 1 unspecified atom stereocenters. The van der Waals surface area contributed by atoms with Gasteiger partial charge in [0.25, 0.3) is 0 Å². The predicted octanol–water partition coefficient (Wildman–Crippen LogP) is -0.779. The van der Waals surface area contributed by atoms with Gasteiger partial charge >= 0.3 is 5.97 Å². The van der Waals surface area contributed by atoms with Crippen molar-refractivity contribution in [2.24, 2.45) is 5.73 Å². The summed E-state index contributed by atoms with van der Waals surface area (Å²) >= 11 is 0. The molecule has 0 bridgehead atoms. The maximum Gasteiger partial charge on any atom is 0.360 e. The Kier molecular flexibility index (Phi) is 4.78. The number of hydrogen-bond donors (Lipinski definition) is 2. The van der Waals surface area contributed by atoms with E-state index in [0.29, 0.717) is 5.69 Å². The van der Waals surface area contributed by atoms with Gasteiger partial charge in [0.2, 0.25) is 5.91 Å². The summed E-state index contributed by atoms with van der Waals surface area (Å²) in [5.41, 5.74) is 6.00. The highest BCUT2D eigenvalue weighted by atomic mass is 16.5. The fourth-order valence-electron chi connectivity index (χ4n) is 1.49. The molecule has 0 aliphatic carbocycles. The second-order valence-corrected chi connectivity index (χ2v) is 3.54. The molecule has 0 spiro atoms. The van der Waals surface area contributed by atoms with Crippen LogP contribution in [0.25, 0.3) is 0 Å². The van der Waals surface area contributed by atoms with E-state index < -0.39 is 12.0 Å². The van der Waals surface area contributed by atoms with Crippen molar-refractivity contribution in [1.29, 1.82) is 0 Å². The molecule has 0 aliphatic rings. The van der Waals surface area contributed by atoms with Gasteiger partial charge in [-0.2, -0.15) is 0 Å². The first-order valence-electron chi connectivity index (χ1n) is 5.59. The second kappa shape index (κ2) is 6.10. The quantitative estimate of drug-likeness (QED) is 0.667. The van der Waals surface area contributed by atoms with Gasteiger partial charge < -0.3 is 15.8 Å². The highest BCUT2D eigenvalue weighted by Crippen LogP contribution is 2.12. The lowest BCUT2D eigenvalue weighted by Crippen LogP contribution is -2.30. The van der Waals surface area contributed by atoms with Gasteiger partial charge in [0.05, 0.1) is 12.3 Å². The monoisotopic (exact) mass is 255 g/mol. The summed E-state index contributed by atoms with van der Waals surface area (Å²) in [4.78, 5) is 23.1. The summed E-state index contributed by atoms with van der Waals surface area (Å²) in [6.07, 6.45) is 0. The minimum atomic E-state index is -0.593. The summed E-state index contributed by atoms with van der Waals surface area (Å²) in [7, 11) is 1.52. The highest BCUT2D eigenvalue weighted by molar-refractivity contribution is 5.88. The topological polar surface area (TPSA) is 112 Å². The number of hydrogen-bond acceptors (Lipinski definition) is 6. The smallest absolute Gasteiger partial charge is 0.360 e. The molecule has 1 rings (SSSR count). The first kappa shape index (κ1) is 14.1. The lowest BCUT2D eigenvalue weighted by atomic mass is 10.2. The van der Waals surface area contributed by atoms with E-state index in [4.69, 9.17) is 10.5 Å². The first-order valence-corrected chi connectivity index (χ1v) is 5.59. The number of nitrogens with two attached hydrogens (primary N) is 1. The Hall–Kier alpha value is -1.96. The maximum atomic E-state index is 11.6. The molecule has 0 fully saturated rings. The van der Waals surface area contributed by atoms with Gasteiger partial charge in [-0.25, -0.2) is 9.48 Å². The van der Waals surface area contributed by atoms with Crippen molar-refractivity contribution < 1.29 is 14.3 Å². The molecule has 3 N–H and O–H groups in total. The van der Waals surface area contributed by atoms with Crippen LogP contribution in [0, 0.1) is 0 Å². The van der Waals surface area contributed by atoms with Crippen LogP contribution in [0.3, 0.4) is 0 Å². The molecule has 18 heavy (non-hydrogen) atoms. The van der Waals surface area contributed by atoms with E-state index in [1.165, 1.54) is 11.7 Å². The van der Waals surface area contributed by atoms with Crippen molar-refractivity contribution in [2.45, 2.75) is 26.4 Å². The van der Waals surface area contributed by atoms with Gasteiger partial charge in [0.15, 0.2) is 5.69 Å². The number of carbonyl (C=O) groups excluding carboxylic acids is 2. The molecule has 1 heterocycles. The third-order valence-electron chi connectivity index (χ3n) is 2.45. The van der Waals surface area contributed by atoms with E-state index in [1.54, 1.807) is 13.8 Å². The van der Waals surface area contributed by atoms with E-state index in [2.05, 4.69) is 15.6 Å². The van der Waals surface area contributed by atoms with E-state index in [0.717, 1.165) is 0 Å². The van der Waals surface area contributed by atoms with Gasteiger partial charge in [0.1, 0.15) is 6.04 Å². The van der Waals surface area contributed by atoms with Crippen LogP contribution in [0.15, 0.2) is 0 Å². The zero-order chi connectivity index (χ0) is 13.7. The van der Waals surface area contributed by atoms with Crippen molar-refractivity contribution in [1.82, 2.24) is 20.3 Å². The van der Waals surface area contributed by atoms with Crippen LogP contribution >= 0.6 is 0 Å². The molecule has 100 valence electrons. The number of ether oxygens (including phenoxy) is 1. The van der Waals surface area contributed by atoms with Gasteiger partial charge in [-0.1, -0.05) is 5.21 Å². The average molecular weight is 255 g/mol. The summed E-state index contributed by atoms with van der Waals surface area (Å²) in [5, 5.41) is 10.00. The van der Waals surface area contributed by atoms with Gasteiger partial charge in [-0.05, 0) is 13.8 Å². The number of rotatable bonds is 5. The molecule has 0 aromatic carbocycles. The molecule has 0 saturated carbocycles. The molecule has 0 saturated heterocycles. The highest BCUT2D eigenvalue weighted by Gasteiger charge is 2.24. The van der Waals surface area contributed by atoms with Crippen LogP contribution in [-0.4, -0.2) is 40.5 Å². The molecular formula is C10H17N5O3. The molecule has 1 atom stereocenters. The molecule has 0 aliphatic heterocycles. The van der Waals surface area contributed by atoms with Crippen molar-refractivity contribution in [3.63, 3.8) is 0 Å². The first-order chi connectivity index (χ1) is 8.56. The Morgan fingerprint density at radius 2 is 2.22 bits per heavy atom. The van der Waals surface area contributed by atoms with Crippen molar-refractivity contribution in [2.75, 3.05) is 13.7 Å². The van der Waals surface area contributed by atoms with Crippen LogP contribution < -0.4 is 11.1 Å². The van der Waals surface area contributed by atoms with Crippen LogP contribution in [0.2, 0.25) is 0 Å². The summed E-state index contributed by atoms with van der Waals surface area (Å²) < 4.78 is 6.16. The largest absolute Gasteiger partial charge is 0.461 e. The fraction of sp³-hybridized carbons (Fsp3) is 0.600. The Balaban J connectivity index is 3.09. The fourth-order valence-corrected chi connectivity index (χ4v) is 1.49. The van der Waals surface area contributed by atoms with Crippen LogP contribution in [0.1, 0.15) is 36.1 Å². The second-order valence-electron chi connectivity index (χ2n) is 3.54. The number of nitrogens with one attached hydrogen (secondary N) is 1. The summed E-state index contributed by atoms with van der Waals surface area (Å²) in [5.74, 6) is -0.835. The van der Waals surface area contributed by atoms with E-state index >= 15 is 0 Å². The number of amides is 1. The number of likely N-dealkylation sites (N-methyl/N-ethyl adjacent to an activating group) is 1. The molecule has 1 aromatic heterocycles. The molecule has 8 nitrogen and oxygen atoms in total. The number of esters is 1. The zero-order valence-corrected chi connectivity index (χ0v) is 10.6. The van der Waals surface area contributed by atoms with E-state index in [9.17, 15) is 9.59 Å². The number of aromatic nitrogens is 3.